The molecule has 3 N–H and O–H groups in total. The van der Waals surface area contributed by atoms with Gasteiger partial charge >= 0.3 is 0 Å². The molecule has 0 heterocycles. The van der Waals surface area contributed by atoms with Crippen LogP contribution >= 0.6 is 34.2 Å². The van der Waals surface area contributed by atoms with Crippen molar-refractivity contribution in [2.45, 2.75) is 32.8 Å². The first-order valence-electron chi connectivity index (χ1n) is 8.35. The number of nitrogens with one attached hydrogen (secondary N) is 2. The second kappa shape index (κ2) is 9.34. The normalized spacial score (nSPS) is 11.4. The summed E-state index contributed by atoms with van der Waals surface area (Å²) in [6.07, 6.45) is 0.263. The summed E-state index contributed by atoms with van der Waals surface area (Å²) in [4.78, 5) is 17.5. The largest absolute Gasteiger partial charge is 0.390 e. The first kappa shape index (κ1) is 22.8. The fourth-order valence-corrected chi connectivity index (χ4v) is 3.11. The Morgan fingerprint density at radius 2 is 1.96 bits per heavy atom. The van der Waals surface area contributed by atoms with Gasteiger partial charge in [-0.2, -0.15) is 0 Å². The van der Waals surface area contributed by atoms with E-state index in [0.717, 1.165) is 15.2 Å². The van der Waals surface area contributed by atoms with Crippen LogP contribution in [0.15, 0.2) is 24.3 Å². The van der Waals surface area contributed by atoms with E-state index in [9.17, 15) is 18.7 Å². The van der Waals surface area contributed by atoms with Gasteiger partial charge in [0.15, 0.2) is 11.6 Å². The maximum Gasteiger partial charge on any atom is 0.277 e. The van der Waals surface area contributed by atoms with Crippen LogP contribution in [0, 0.1) is 22.1 Å². The van der Waals surface area contributed by atoms with E-state index in [1.807, 2.05) is 6.07 Å². The number of hydroxylamine groups is 1. The number of amides is 1. The Kier molecular flexibility index (Phi) is 7.60. The molecule has 9 heteroatoms. The number of benzene rings is 2. The number of hydrogen-bond acceptors (Lipinski definition) is 4. The predicted molar refractivity (Wildman–Crippen MR) is 113 cm³/mol. The van der Waals surface area contributed by atoms with Gasteiger partial charge in [-0.05, 0) is 73.2 Å². The van der Waals surface area contributed by atoms with Crippen molar-refractivity contribution < 1.29 is 23.5 Å². The molecule has 0 bridgehead atoms. The number of rotatable bonds is 7. The quantitative estimate of drug-likeness (QED) is 0.204. The number of aryl methyl sites for hydroxylation is 1. The third-order valence-electron chi connectivity index (χ3n) is 3.84. The van der Waals surface area contributed by atoms with Crippen LogP contribution < -0.4 is 10.8 Å². The zero-order chi connectivity index (χ0) is 21.1. The fourth-order valence-electron chi connectivity index (χ4n) is 2.27. The second-order valence-corrected chi connectivity index (χ2v) is 8.49. The van der Waals surface area contributed by atoms with E-state index >= 15 is 0 Å². The van der Waals surface area contributed by atoms with Crippen molar-refractivity contribution in [1.29, 1.82) is 0 Å². The summed E-state index contributed by atoms with van der Waals surface area (Å²) in [6.45, 7) is 5.03. The molecule has 0 atom stereocenters. The predicted octanol–water partition coefficient (Wildman–Crippen LogP) is 5.10. The highest BCUT2D eigenvalue weighted by Crippen LogP contribution is 2.32. The van der Waals surface area contributed by atoms with Crippen LogP contribution in [0.4, 0.5) is 20.2 Å². The first-order valence-corrected chi connectivity index (χ1v) is 9.80. The highest BCUT2D eigenvalue weighted by molar-refractivity contribution is 14.1. The fraction of sp³-hybridized carbons (Fsp3) is 0.316. The van der Waals surface area contributed by atoms with Gasteiger partial charge in [0, 0.05) is 15.7 Å². The SMILES string of the molecule is Cc1cc(I)ccc1Nc1c(C(=O)NOCCC(C)(C)O)cc(Cl)c(F)c1F. The average Bonchev–Trinajstić information content (AvgIpc) is 2.59. The zero-order valence-electron chi connectivity index (χ0n) is 15.5. The van der Waals surface area contributed by atoms with E-state index in [-0.39, 0.29) is 24.3 Å². The van der Waals surface area contributed by atoms with Crippen molar-refractivity contribution in [3.05, 3.63) is 55.6 Å². The smallest absolute Gasteiger partial charge is 0.277 e. The molecule has 5 nitrogen and oxygen atoms in total. The van der Waals surface area contributed by atoms with E-state index in [4.69, 9.17) is 16.4 Å². The lowest BCUT2D eigenvalue weighted by Crippen LogP contribution is -2.28. The molecule has 0 saturated carbocycles. The van der Waals surface area contributed by atoms with Crippen LogP contribution in [0.25, 0.3) is 0 Å². The number of halogens is 4. The Morgan fingerprint density at radius 3 is 2.57 bits per heavy atom. The minimum atomic E-state index is -1.27. The molecule has 2 rings (SSSR count). The van der Waals surface area contributed by atoms with Gasteiger partial charge in [0.1, 0.15) is 0 Å². The van der Waals surface area contributed by atoms with E-state index in [1.54, 1.807) is 32.9 Å². The summed E-state index contributed by atoms with van der Waals surface area (Å²) >= 11 is 7.85. The number of carbonyl (C=O) groups excluding carboxylic acids is 1. The monoisotopic (exact) mass is 524 g/mol. The highest BCUT2D eigenvalue weighted by Gasteiger charge is 2.23. The molecular formula is C19H20ClF2IN2O3. The molecule has 0 aliphatic carbocycles. The first-order chi connectivity index (χ1) is 13.0. The van der Waals surface area contributed by atoms with Gasteiger partial charge in [-0.25, -0.2) is 14.3 Å². The summed E-state index contributed by atoms with van der Waals surface area (Å²) in [5.41, 5.74) is 1.92. The lowest BCUT2D eigenvalue weighted by molar-refractivity contribution is -0.00570. The van der Waals surface area contributed by atoms with Crippen molar-refractivity contribution in [3.63, 3.8) is 0 Å². The van der Waals surface area contributed by atoms with Crippen molar-refractivity contribution in [2.24, 2.45) is 0 Å². The number of anilines is 2. The van der Waals surface area contributed by atoms with Crippen molar-refractivity contribution in [1.82, 2.24) is 5.48 Å². The van der Waals surface area contributed by atoms with E-state index in [2.05, 4.69) is 33.4 Å². The number of aliphatic hydroxyl groups is 1. The molecule has 28 heavy (non-hydrogen) atoms. The van der Waals surface area contributed by atoms with Crippen LogP contribution in [-0.4, -0.2) is 23.2 Å². The van der Waals surface area contributed by atoms with E-state index < -0.39 is 28.2 Å². The third kappa shape index (κ3) is 6.00. The lowest BCUT2D eigenvalue weighted by atomic mass is 10.1. The van der Waals surface area contributed by atoms with Gasteiger partial charge in [-0.15, -0.1) is 0 Å². The van der Waals surface area contributed by atoms with Crippen LogP contribution in [-0.2, 0) is 4.84 Å². The molecule has 0 unspecified atom stereocenters. The van der Waals surface area contributed by atoms with Crippen LogP contribution in [0.1, 0.15) is 36.2 Å². The Balaban J connectivity index is 2.29. The molecule has 2 aromatic carbocycles. The van der Waals surface area contributed by atoms with Crippen LogP contribution in [0.3, 0.4) is 0 Å². The summed E-state index contributed by atoms with van der Waals surface area (Å²) in [5.74, 6) is -3.33. The molecule has 152 valence electrons. The van der Waals surface area contributed by atoms with Gasteiger partial charge in [0.25, 0.3) is 5.91 Å². The summed E-state index contributed by atoms with van der Waals surface area (Å²) in [6, 6.07) is 6.37. The van der Waals surface area contributed by atoms with Crippen molar-refractivity contribution in [3.8, 4) is 0 Å². The van der Waals surface area contributed by atoms with Gasteiger partial charge in [-0.3, -0.25) is 9.63 Å². The molecule has 2 aromatic rings. The molecule has 0 aliphatic heterocycles. The third-order valence-corrected chi connectivity index (χ3v) is 4.78. The summed E-state index contributed by atoms with van der Waals surface area (Å²) in [5, 5.41) is 11.9. The van der Waals surface area contributed by atoms with Gasteiger partial charge in [-0.1, -0.05) is 11.6 Å². The molecule has 0 spiro atoms. The lowest BCUT2D eigenvalue weighted by Gasteiger charge is -2.18. The molecule has 0 fully saturated rings. The van der Waals surface area contributed by atoms with Crippen LogP contribution in [0.5, 0.6) is 0 Å². The number of hydrogen-bond donors (Lipinski definition) is 3. The van der Waals surface area contributed by atoms with E-state index in [1.165, 1.54) is 0 Å². The molecule has 0 aliphatic rings. The molecule has 1 amide bonds. The average molecular weight is 525 g/mol. The maximum absolute atomic E-state index is 14.5. The standard InChI is InChI=1S/C19H20ClF2IN2O3/c1-10-8-11(23)4-5-14(10)24-17-12(9-13(20)15(21)16(17)22)18(26)25-28-7-6-19(2,3)27/h4-5,8-9,24,27H,6-7H2,1-3H3,(H,25,26). The Morgan fingerprint density at radius 1 is 1.29 bits per heavy atom. The van der Waals surface area contributed by atoms with E-state index in [0.29, 0.717) is 5.69 Å². The van der Waals surface area contributed by atoms with Crippen molar-refractivity contribution >= 4 is 51.5 Å². The molecular weight excluding hydrogens is 505 g/mol. The van der Waals surface area contributed by atoms with Gasteiger partial charge < -0.3 is 10.4 Å². The maximum atomic E-state index is 14.5. The molecule has 0 radical (unpaired) electrons. The zero-order valence-corrected chi connectivity index (χ0v) is 18.4. The Bertz CT molecular complexity index is 888. The van der Waals surface area contributed by atoms with Gasteiger partial charge in [0.05, 0.1) is 28.5 Å². The Hall–Kier alpha value is -1.49. The summed E-state index contributed by atoms with van der Waals surface area (Å²) in [7, 11) is 0. The Labute approximate surface area is 180 Å². The van der Waals surface area contributed by atoms with Crippen molar-refractivity contribution in [2.75, 3.05) is 11.9 Å². The van der Waals surface area contributed by atoms with Gasteiger partial charge in [0.2, 0.25) is 0 Å². The summed E-state index contributed by atoms with van der Waals surface area (Å²) < 4.78 is 29.5. The second-order valence-electron chi connectivity index (χ2n) is 6.84. The minimum absolute atomic E-state index is 0.0334. The van der Waals surface area contributed by atoms with Crippen LogP contribution in [0.2, 0.25) is 5.02 Å². The topological polar surface area (TPSA) is 70.6 Å². The molecule has 0 saturated heterocycles. The molecule has 0 aromatic heterocycles. The minimum Gasteiger partial charge on any atom is -0.390 e. The highest BCUT2D eigenvalue weighted by atomic mass is 127. The number of carbonyl (C=O) groups is 1.